The van der Waals surface area contributed by atoms with E-state index in [1.165, 1.54) is 11.1 Å². The van der Waals surface area contributed by atoms with E-state index < -0.39 is 0 Å². The van der Waals surface area contributed by atoms with E-state index in [-0.39, 0.29) is 30.7 Å². The molecule has 4 aliphatic rings. The van der Waals surface area contributed by atoms with Gasteiger partial charge in [0.25, 0.3) is 0 Å². The lowest BCUT2D eigenvalue weighted by molar-refractivity contribution is -0.139. The van der Waals surface area contributed by atoms with Gasteiger partial charge in [0.15, 0.2) is 0 Å². The molecule has 7 nitrogen and oxygen atoms in total. The Labute approximate surface area is 158 Å². The molecule has 4 aliphatic heterocycles. The molecule has 0 radical (unpaired) electrons. The Morgan fingerprint density at radius 2 is 1.70 bits per heavy atom. The van der Waals surface area contributed by atoms with Gasteiger partial charge in [-0.25, -0.2) is 4.79 Å². The zero-order valence-corrected chi connectivity index (χ0v) is 15.3. The van der Waals surface area contributed by atoms with Crippen LogP contribution < -0.4 is 5.32 Å². The summed E-state index contributed by atoms with van der Waals surface area (Å²) in [4.78, 5) is 28.1. The fourth-order valence-corrected chi connectivity index (χ4v) is 4.39. The van der Waals surface area contributed by atoms with Crippen molar-refractivity contribution in [3.8, 4) is 0 Å². The van der Waals surface area contributed by atoms with Crippen LogP contribution in [-0.4, -0.2) is 79.9 Å². The standard InChI is InChI=1S/C20H25N3O4/c24-19-12-27-18-5-6-22(9-17(18)21-19)20(25)23-7-15(8-23)13-1-3-14(4-2-13)16-10-26-11-16/h1-4,15-18H,5-12H2,(H,21,24)/t17-,18?/m1/s1. The van der Waals surface area contributed by atoms with E-state index in [1.807, 2.05) is 9.80 Å². The number of urea groups is 1. The summed E-state index contributed by atoms with van der Waals surface area (Å²) in [5.41, 5.74) is 2.64. The molecule has 1 N–H and O–H groups in total. The molecule has 144 valence electrons. The van der Waals surface area contributed by atoms with Crippen LogP contribution in [0.2, 0.25) is 0 Å². The van der Waals surface area contributed by atoms with Crippen molar-refractivity contribution in [2.45, 2.75) is 30.4 Å². The molecule has 0 aliphatic carbocycles. The van der Waals surface area contributed by atoms with Crippen molar-refractivity contribution in [2.75, 3.05) is 46.0 Å². The maximum Gasteiger partial charge on any atom is 0.320 e. The monoisotopic (exact) mass is 371 g/mol. The van der Waals surface area contributed by atoms with Crippen LogP contribution in [0.1, 0.15) is 29.4 Å². The number of hydrogen-bond donors (Lipinski definition) is 1. The summed E-state index contributed by atoms with van der Waals surface area (Å²) in [7, 11) is 0. The molecule has 4 fully saturated rings. The van der Waals surface area contributed by atoms with Crippen molar-refractivity contribution in [1.29, 1.82) is 0 Å². The summed E-state index contributed by atoms with van der Waals surface area (Å²) in [5.74, 6) is 0.869. The molecule has 1 aromatic rings. The molecule has 0 spiro atoms. The number of nitrogens with zero attached hydrogens (tertiary/aromatic N) is 2. The topological polar surface area (TPSA) is 71.1 Å². The van der Waals surface area contributed by atoms with Crippen molar-refractivity contribution in [3.05, 3.63) is 35.4 Å². The highest BCUT2D eigenvalue weighted by molar-refractivity contribution is 5.79. The third-order valence-corrected chi connectivity index (χ3v) is 6.26. The number of benzene rings is 1. The minimum Gasteiger partial charge on any atom is -0.380 e. The first kappa shape index (κ1) is 17.0. The summed E-state index contributed by atoms with van der Waals surface area (Å²) in [5, 5.41) is 2.95. The van der Waals surface area contributed by atoms with Gasteiger partial charge in [0.1, 0.15) is 6.61 Å². The lowest BCUT2D eigenvalue weighted by Crippen LogP contribution is -2.63. The van der Waals surface area contributed by atoms with E-state index in [4.69, 9.17) is 9.47 Å². The van der Waals surface area contributed by atoms with E-state index in [9.17, 15) is 9.59 Å². The first-order chi connectivity index (χ1) is 13.2. The molecule has 4 saturated heterocycles. The average molecular weight is 371 g/mol. The normalized spacial score (nSPS) is 28.8. The summed E-state index contributed by atoms with van der Waals surface area (Å²) in [6.07, 6.45) is 0.816. The Bertz CT molecular complexity index is 727. The van der Waals surface area contributed by atoms with Gasteiger partial charge in [-0.2, -0.15) is 0 Å². The second-order valence-electron chi connectivity index (χ2n) is 8.04. The van der Waals surface area contributed by atoms with Crippen molar-refractivity contribution >= 4 is 11.9 Å². The van der Waals surface area contributed by atoms with E-state index in [2.05, 4.69) is 29.6 Å². The highest BCUT2D eigenvalue weighted by Crippen LogP contribution is 2.31. The fraction of sp³-hybridized carbons (Fsp3) is 0.600. The zero-order chi connectivity index (χ0) is 18.4. The third-order valence-electron chi connectivity index (χ3n) is 6.26. The van der Waals surface area contributed by atoms with Gasteiger partial charge >= 0.3 is 6.03 Å². The van der Waals surface area contributed by atoms with Crippen molar-refractivity contribution < 1.29 is 19.1 Å². The molecule has 1 aromatic carbocycles. The predicted molar refractivity (Wildman–Crippen MR) is 97.6 cm³/mol. The van der Waals surface area contributed by atoms with Crippen LogP contribution in [0.25, 0.3) is 0 Å². The van der Waals surface area contributed by atoms with Gasteiger partial charge < -0.3 is 24.6 Å². The van der Waals surface area contributed by atoms with Gasteiger partial charge in [-0.05, 0) is 17.5 Å². The number of nitrogens with one attached hydrogen (secondary N) is 1. The molecule has 5 rings (SSSR count). The van der Waals surface area contributed by atoms with Gasteiger partial charge in [-0.15, -0.1) is 0 Å². The molecule has 0 aromatic heterocycles. The summed E-state index contributed by atoms with van der Waals surface area (Å²) in [6, 6.07) is 8.78. The quantitative estimate of drug-likeness (QED) is 0.839. The summed E-state index contributed by atoms with van der Waals surface area (Å²) in [6.45, 7) is 4.54. The fourth-order valence-electron chi connectivity index (χ4n) is 4.39. The van der Waals surface area contributed by atoms with Gasteiger partial charge in [-0.1, -0.05) is 24.3 Å². The van der Waals surface area contributed by atoms with Crippen LogP contribution >= 0.6 is 0 Å². The lowest BCUT2D eigenvalue weighted by atomic mass is 9.89. The van der Waals surface area contributed by atoms with Crippen LogP contribution in [0, 0.1) is 0 Å². The lowest BCUT2D eigenvalue weighted by Gasteiger charge is -2.46. The van der Waals surface area contributed by atoms with E-state index >= 15 is 0 Å². The molecule has 4 heterocycles. The molecule has 0 saturated carbocycles. The Hall–Kier alpha value is -2.12. The van der Waals surface area contributed by atoms with Crippen LogP contribution in [0.5, 0.6) is 0 Å². The largest absolute Gasteiger partial charge is 0.380 e. The summed E-state index contributed by atoms with van der Waals surface area (Å²) >= 11 is 0. The minimum absolute atomic E-state index is 0.0375. The van der Waals surface area contributed by atoms with E-state index in [0.29, 0.717) is 24.9 Å². The number of likely N-dealkylation sites (tertiary alicyclic amines) is 2. The second kappa shape index (κ2) is 6.80. The average Bonchev–Trinajstić information content (AvgIpc) is 2.59. The minimum atomic E-state index is -0.0912. The number of hydrogen-bond acceptors (Lipinski definition) is 4. The van der Waals surface area contributed by atoms with Gasteiger partial charge in [-0.3, -0.25) is 4.79 Å². The number of piperidine rings is 1. The van der Waals surface area contributed by atoms with Gasteiger partial charge in [0.2, 0.25) is 5.91 Å². The number of morpholine rings is 1. The first-order valence-electron chi connectivity index (χ1n) is 9.80. The van der Waals surface area contributed by atoms with Crippen molar-refractivity contribution in [1.82, 2.24) is 15.1 Å². The number of amides is 3. The van der Waals surface area contributed by atoms with Crippen LogP contribution in [0.15, 0.2) is 24.3 Å². The van der Waals surface area contributed by atoms with Crippen LogP contribution in [0.3, 0.4) is 0 Å². The van der Waals surface area contributed by atoms with E-state index in [1.54, 1.807) is 0 Å². The number of carbonyl (C=O) groups is 2. The number of fused-ring (bicyclic) bond motifs is 1. The zero-order valence-electron chi connectivity index (χ0n) is 15.3. The number of carbonyl (C=O) groups excluding carboxylic acids is 2. The first-order valence-corrected chi connectivity index (χ1v) is 9.80. The van der Waals surface area contributed by atoms with Crippen LogP contribution in [-0.2, 0) is 14.3 Å². The highest BCUT2D eigenvalue weighted by atomic mass is 16.5. The molecule has 3 amide bonds. The van der Waals surface area contributed by atoms with Gasteiger partial charge in [0, 0.05) is 38.0 Å². The van der Waals surface area contributed by atoms with E-state index in [0.717, 1.165) is 32.7 Å². The Morgan fingerprint density at radius 3 is 2.37 bits per heavy atom. The smallest absolute Gasteiger partial charge is 0.320 e. The number of rotatable bonds is 2. The summed E-state index contributed by atoms with van der Waals surface area (Å²) < 4.78 is 10.8. The molecule has 7 heteroatoms. The van der Waals surface area contributed by atoms with Crippen LogP contribution in [0.4, 0.5) is 4.79 Å². The Balaban J connectivity index is 1.15. The molecule has 27 heavy (non-hydrogen) atoms. The molecule has 1 unspecified atom stereocenters. The van der Waals surface area contributed by atoms with Crippen molar-refractivity contribution in [3.63, 3.8) is 0 Å². The third kappa shape index (κ3) is 3.19. The highest BCUT2D eigenvalue weighted by Gasteiger charge is 2.40. The van der Waals surface area contributed by atoms with Gasteiger partial charge in [0.05, 0.1) is 25.4 Å². The molecule has 2 atom stereocenters. The Kier molecular flexibility index (Phi) is 4.28. The second-order valence-corrected chi connectivity index (χ2v) is 8.04. The predicted octanol–water partition coefficient (Wildman–Crippen LogP) is 0.909. The molecular weight excluding hydrogens is 346 g/mol. The maximum absolute atomic E-state index is 12.8. The SMILES string of the molecule is O=C1COC2CCN(C(=O)N3CC(c4ccc(C5COC5)cc4)C3)C[C@H]2N1. The maximum atomic E-state index is 12.8. The molecular formula is C20H25N3O4. The number of ether oxygens (including phenoxy) is 2. The Morgan fingerprint density at radius 1 is 1.00 bits per heavy atom. The molecule has 0 bridgehead atoms. The van der Waals surface area contributed by atoms with Crippen molar-refractivity contribution in [2.24, 2.45) is 0 Å².